The minimum atomic E-state index is -0.254. The summed E-state index contributed by atoms with van der Waals surface area (Å²) in [6.07, 6.45) is 0.399. The molecule has 1 amide bonds. The number of primary amides is 1. The molecule has 0 aliphatic heterocycles. The van der Waals surface area contributed by atoms with Crippen LogP contribution in [0.4, 0.5) is 0 Å². The molecule has 0 aliphatic carbocycles. The third kappa shape index (κ3) is 5.78. The Balaban J connectivity index is 2.10. The molecular formula is C12H18N2OS. The van der Waals surface area contributed by atoms with Gasteiger partial charge in [0.15, 0.2) is 0 Å². The van der Waals surface area contributed by atoms with Gasteiger partial charge in [0.1, 0.15) is 0 Å². The monoisotopic (exact) mass is 238 g/mol. The summed E-state index contributed by atoms with van der Waals surface area (Å²) < 4.78 is 0. The van der Waals surface area contributed by atoms with Crippen molar-refractivity contribution in [3.63, 3.8) is 0 Å². The number of amides is 1. The predicted octanol–water partition coefficient (Wildman–Crippen LogP) is 1.63. The minimum absolute atomic E-state index is 0.161. The summed E-state index contributed by atoms with van der Waals surface area (Å²) in [6.45, 7) is 2.85. The van der Waals surface area contributed by atoms with E-state index in [0.717, 1.165) is 12.3 Å². The van der Waals surface area contributed by atoms with Gasteiger partial charge < -0.3 is 11.1 Å². The number of hydrogen-bond donors (Lipinski definition) is 2. The van der Waals surface area contributed by atoms with Gasteiger partial charge in [0.05, 0.1) is 0 Å². The lowest BCUT2D eigenvalue weighted by atomic mass is 10.2. The smallest absolute Gasteiger partial charge is 0.218 e. The Morgan fingerprint density at radius 3 is 2.75 bits per heavy atom. The van der Waals surface area contributed by atoms with Crippen LogP contribution in [0.1, 0.15) is 13.3 Å². The summed E-state index contributed by atoms with van der Waals surface area (Å²) in [5.41, 5.74) is 5.10. The van der Waals surface area contributed by atoms with Crippen LogP contribution in [-0.2, 0) is 4.79 Å². The van der Waals surface area contributed by atoms with Crippen molar-refractivity contribution >= 4 is 17.7 Å². The Morgan fingerprint density at radius 2 is 2.12 bits per heavy atom. The number of nitrogens with one attached hydrogen (secondary N) is 1. The third-order valence-corrected chi connectivity index (χ3v) is 3.13. The van der Waals surface area contributed by atoms with E-state index in [1.165, 1.54) is 4.90 Å². The lowest BCUT2D eigenvalue weighted by Gasteiger charge is -2.11. The Labute approximate surface area is 101 Å². The molecule has 16 heavy (non-hydrogen) atoms. The van der Waals surface area contributed by atoms with E-state index in [2.05, 4.69) is 17.4 Å². The molecule has 4 heteroatoms. The minimum Gasteiger partial charge on any atom is -0.370 e. The molecule has 88 valence electrons. The van der Waals surface area contributed by atoms with Gasteiger partial charge in [-0.25, -0.2) is 0 Å². The van der Waals surface area contributed by atoms with Gasteiger partial charge in [0.2, 0.25) is 5.91 Å². The highest BCUT2D eigenvalue weighted by Gasteiger charge is 2.04. The maximum absolute atomic E-state index is 10.6. The van der Waals surface area contributed by atoms with Crippen molar-refractivity contribution in [2.75, 3.05) is 12.3 Å². The molecule has 3 nitrogen and oxygen atoms in total. The van der Waals surface area contributed by atoms with Crippen molar-refractivity contribution in [3.05, 3.63) is 30.3 Å². The second-order valence-corrected chi connectivity index (χ2v) is 4.86. The van der Waals surface area contributed by atoms with Crippen LogP contribution in [0.5, 0.6) is 0 Å². The molecule has 1 aromatic rings. The van der Waals surface area contributed by atoms with Gasteiger partial charge >= 0.3 is 0 Å². The van der Waals surface area contributed by atoms with Gasteiger partial charge in [-0.3, -0.25) is 4.79 Å². The van der Waals surface area contributed by atoms with Gasteiger partial charge in [-0.1, -0.05) is 18.2 Å². The second-order valence-electron chi connectivity index (χ2n) is 3.69. The molecule has 0 saturated carbocycles. The number of benzene rings is 1. The topological polar surface area (TPSA) is 55.1 Å². The summed E-state index contributed by atoms with van der Waals surface area (Å²) in [4.78, 5) is 11.9. The fourth-order valence-electron chi connectivity index (χ4n) is 1.36. The van der Waals surface area contributed by atoms with E-state index in [1.54, 1.807) is 11.8 Å². The molecule has 1 aromatic carbocycles. The molecule has 0 radical (unpaired) electrons. The van der Waals surface area contributed by atoms with Crippen molar-refractivity contribution in [2.45, 2.75) is 24.3 Å². The third-order valence-electron chi connectivity index (χ3n) is 2.11. The highest BCUT2D eigenvalue weighted by Crippen LogP contribution is 2.15. The quantitative estimate of drug-likeness (QED) is 0.561. The summed E-state index contributed by atoms with van der Waals surface area (Å²) in [5.74, 6) is 0.739. The maximum Gasteiger partial charge on any atom is 0.218 e. The number of hydrogen-bond acceptors (Lipinski definition) is 3. The fraction of sp³-hybridized carbons (Fsp3) is 0.417. The zero-order valence-electron chi connectivity index (χ0n) is 9.48. The van der Waals surface area contributed by atoms with Crippen LogP contribution in [0.15, 0.2) is 35.2 Å². The summed E-state index contributed by atoms with van der Waals surface area (Å²) >= 11 is 1.80. The van der Waals surface area contributed by atoms with Crippen molar-refractivity contribution in [1.29, 1.82) is 0 Å². The Bertz CT molecular complexity index is 316. The van der Waals surface area contributed by atoms with E-state index < -0.39 is 0 Å². The summed E-state index contributed by atoms with van der Waals surface area (Å²) in [5, 5.41) is 3.26. The van der Waals surface area contributed by atoms with Gasteiger partial charge in [0, 0.05) is 29.7 Å². The molecule has 0 spiro atoms. The summed E-state index contributed by atoms with van der Waals surface area (Å²) in [7, 11) is 0. The Hall–Kier alpha value is -1.00. The molecule has 0 heterocycles. The van der Waals surface area contributed by atoms with Crippen LogP contribution in [0.25, 0.3) is 0 Å². The van der Waals surface area contributed by atoms with Gasteiger partial charge in [0.25, 0.3) is 0 Å². The number of rotatable bonds is 7. The van der Waals surface area contributed by atoms with E-state index >= 15 is 0 Å². The van der Waals surface area contributed by atoms with Crippen molar-refractivity contribution in [3.8, 4) is 0 Å². The van der Waals surface area contributed by atoms with Crippen LogP contribution < -0.4 is 11.1 Å². The first kappa shape index (κ1) is 13.1. The van der Waals surface area contributed by atoms with Crippen molar-refractivity contribution in [1.82, 2.24) is 5.32 Å². The van der Waals surface area contributed by atoms with Gasteiger partial charge in [-0.2, -0.15) is 0 Å². The molecule has 1 atom stereocenters. The van der Waals surface area contributed by atoms with Gasteiger partial charge in [-0.15, -0.1) is 11.8 Å². The number of nitrogens with two attached hydrogens (primary N) is 1. The van der Waals surface area contributed by atoms with E-state index in [-0.39, 0.29) is 11.9 Å². The SMILES string of the molecule is CC(CC(N)=O)NCCSc1ccccc1. The van der Waals surface area contributed by atoms with E-state index in [4.69, 9.17) is 5.73 Å². The standard InChI is InChI=1S/C12H18N2OS/c1-10(9-12(13)15)14-7-8-16-11-5-3-2-4-6-11/h2-6,10,14H,7-9H2,1H3,(H2,13,15). The van der Waals surface area contributed by atoms with Crippen LogP contribution in [0, 0.1) is 0 Å². The molecule has 0 aliphatic rings. The maximum atomic E-state index is 10.6. The number of carbonyl (C=O) groups excluding carboxylic acids is 1. The molecule has 0 saturated heterocycles. The van der Waals surface area contributed by atoms with Gasteiger partial charge in [-0.05, 0) is 19.1 Å². The highest BCUT2D eigenvalue weighted by atomic mass is 32.2. The van der Waals surface area contributed by atoms with E-state index in [9.17, 15) is 4.79 Å². The largest absolute Gasteiger partial charge is 0.370 e. The lowest BCUT2D eigenvalue weighted by Crippen LogP contribution is -2.32. The highest BCUT2D eigenvalue weighted by molar-refractivity contribution is 7.99. The lowest BCUT2D eigenvalue weighted by molar-refractivity contribution is -0.118. The average Bonchev–Trinajstić information content (AvgIpc) is 2.25. The first-order chi connectivity index (χ1) is 7.68. The average molecular weight is 238 g/mol. The molecule has 1 rings (SSSR count). The summed E-state index contributed by atoms with van der Waals surface area (Å²) in [6, 6.07) is 10.4. The van der Waals surface area contributed by atoms with Crippen molar-refractivity contribution in [2.24, 2.45) is 5.73 Å². The van der Waals surface area contributed by atoms with Crippen LogP contribution in [0.3, 0.4) is 0 Å². The molecular weight excluding hydrogens is 220 g/mol. The normalized spacial score (nSPS) is 12.3. The Kier molecular flexibility index (Phi) is 5.96. The second kappa shape index (κ2) is 7.30. The first-order valence-corrected chi connectivity index (χ1v) is 6.36. The molecule has 3 N–H and O–H groups in total. The van der Waals surface area contributed by atoms with Crippen LogP contribution >= 0.6 is 11.8 Å². The van der Waals surface area contributed by atoms with Crippen LogP contribution in [0.2, 0.25) is 0 Å². The number of carbonyl (C=O) groups is 1. The molecule has 0 aromatic heterocycles. The Morgan fingerprint density at radius 1 is 1.44 bits per heavy atom. The first-order valence-electron chi connectivity index (χ1n) is 5.38. The fourth-order valence-corrected chi connectivity index (χ4v) is 2.17. The zero-order valence-corrected chi connectivity index (χ0v) is 10.3. The zero-order chi connectivity index (χ0) is 11.8. The molecule has 0 bridgehead atoms. The van der Waals surface area contributed by atoms with E-state index in [0.29, 0.717) is 6.42 Å². The molecule has 0 fully saturated rings. The van der Waals surface area contributed by atoms with Crippen molar-refractivity contribution < 1.29 is 4.79 Å². The van der Waals surface area contributed by atoms with E-state index in [1.807, 2.05) is 25.1 Å². The number of thioether (sulfide) groups is 1. The molecule has 1 unspecified atom stereocenters. The predicted molar refractivity (Wildman–Crippen MR) is 68.4 cm³/mol. The van der Waals surface area contributed by atoms with Crippen LogP contribution in [-0.4, -0.2) is 24.2 Å².